The third kappa shape index (κ3) is 0.567. The van der Waals surface area contributed by atoms with Crippen molar-refractivity contribution < 1.29 is 5.11 Å². The van der Waals surface area contributed by atoms with Crippen LogP contribution >= 0.6 is 0 Å². The molecule has 10 heavy (non-hydrogen) atoms. The van der Waals surface area contributed by atoms with E-state index in [-0.39, 0.29) is 6.10 Å². The Hall–Kier alpha value is -0.300. The third-order valence-electron chi connectivity index (χ3n) is 3.28. The number of hydrogen-bond acceptors (Lipinski definition) is 1. The van der Waals surface area contributed by atoms with Crippen molar-refractivity contribution in [2.75, 3.05) is 0 Å². The molecule has 1 fully saturated rings. The number of fused-ring (bicyclic) bond motifs is 2. The lowest BCUT2D eigenvalue weighted by atomic mass is 9.81. The second kappa shape index (κ2) is 1.65. The van der Waals surface area contributed by atoms with Gasteiger partial charge in [-0.25, -0.2) is 0 Å². The molecule has 0 heterocycles. The largest absolute Gasteiger partial charge is 0.392 e. The molecule has 0 aromatic carbocycles. The molecule has 0 aromatic heterocycles. The topological polar surface area (TPSA) is 20.2 Å². The van der Waals surface area contributed by atoms with Crippen molar-refractivity contribution in [3.8, 4) is 0 Å². The molecule has 2 bridgehead atoms. The molecule has 1 heteroatoms. The molecule has 2 aliphatic carbocycles. The SMILES string of the molecule is CC1(C)[C@@H]2C=C[C@H]1[C@@H](O)C2. The van der Waals surface area contributed by atoms with Gasteiger partial charge in [0.2, 0.25) is 0 Å². The standard InChI is InChI=1S/C9H14O/c1-9(2)6-3-4-7(9)8(10)5-6/h3-4,6-8,10H,5H2,1-2H3/t6-,7+,8+/m1/s1. The number of hydrogen-bond donors (Lipinski definition) is 1. The lowest BCUT2D eigenvalue weighted by molar-refractivity contribution is 0.124. The highest BCUT2D eigenvalue weighted by molar-refractivity contribution is 5.18. The van der Waals surface area contributed by atoms with Gasteiger partial charge in [-0.3, -0.25) is 0 Å². The highest BCUT2D eigenvalue weighted by Crippen LogP contribution is 2.53. The summed E-state index contributed by atoms with van der Waals surface area (Å²) in [4.78, 5) is 0. The summed E-state index contributed by atoms with van der Waals surface area (Å²) in [5, 5.41) is 9.50. The summed E-state index contributed by atoms with van der Waals surface area (Å²) in [6, 6.07) is 0. The van der Waals surface area contributed by atoms with Crippen molar-refractivity contribution in [2.24, 2.45) is 17.3 Å². The molecule has 0 aliphatic heterocycles. The quantitative estimate of drug-likeness (QED) is 0.504. The van der Waals surface area contributed by atoms with E-state index in [4.69, 9.17) is 0 Å². The van der Waals surface area contributed by atoms with Crippen LogP contribution in [0.5, 0.6) is 0 Å². The fourth-order valence-corrected chi connectivity index (χ4v) is 2.41. The van der Waals surface area contributed by atoms with Crippen molar-refractivity contribution in [1.29, 1.82) is 0 Å². The van der Waals surface area contributed by atoms with Crippen LogP contribution in [0.4, 0.5) is 0 Å². The molecular weight excluding hydrogens is 124 g/mol. The van der Waals surface area contributed by atoms with Gasteiger partial charge in [0.25, 0.3) is 0 Å². The molecule has 0 saturated heterocycles. The zero-order chi connectivity index (χ0) is 7.35. The van der Waals surface area contributed by atoms with Gasteiger partial charge in [0, 0.05) is 5.92 Å². The van der Waals surface area contributed by atoms with Crippen LogP contribution in [0, 0.1) is 17.3 Å². The second-order valence-corrected chi connectivity index (χ2v) is 4.14. The number of allylic oxidation sites excluding steroid dienone is 1. The molecule has 0 spiro atoms. The van der Waals surface area contributed by atoms with Gasteiger partial charge in [-0.2, -0.15) is 0 Å². The first kappa shape index (κ1) is 6.41. The van der Waals surface area contributed by atoms with E-state index >= 15 is 0 Å². The fourth-order valence-electron chi connectivity index (χ4n) is 2.41. The Morgan fingerprint density at radius 2 is 2.10 bits per heavy atom. The number of aliphatic hydroxyl groups is 1. The van der Waals surface area contributed by atoms with E-state index in [2.05, 4.69) is 26.0 Å². The predicted octanol–water partition coefficient (Wildman–Crippen LogP) is 1.58. The van der Waals surface area contributed by atoms with Gasteiger partial charge in [0.1, 0.15) is 0 Å². The first-order valence-electron chi connectivity index (χ1n) is 3.99. The smallest absolute Gasteiger partial charge is 0.0613 e. The summed E-state index contributed by atoms with van der Waals surface area (Å²) in [6.07, 6.45) is 5.36. The minimum atomic E-state index is -0.0648. The maximum Gasteiger partial charge on any atom is 0.0613 e. The van der Waals surface area contributed by atoms with Crippen LogP contribution in [0.25, 0.3) is 0 Å². The average Bonchev–Trinajstić information content (AvgIpc) is 2.20. The maximum atomic E-state index is 9.50. The van der Waals surface area contributed by atoms with Gasteiger partial charge >= 0.3 is 0 Å². The van der Waals surface area contributed by atoms with E-state index in [0.717, 1.165) is 6.42 Å². The summed E-state index contributed by atoms with van der Waals surface area (Å²) < 4.78 is 0. The van der Waals surface area contributed by atoms with E-state index < -0.39 is 0 Å². The normalized spacial score (nSPS) is 48.5. The summed E-state index contributed by atoms with van der Waals surface area (Å²) in [6.45, 7) is 4.50. The minimum absolute atomic E-state index is 0.0648. The Bertz CT molecular complexity index is 181. The Morgan fingerprint density at radius 3 is 2.30 bits per heavy atom. The van der Waals surface area contributed by atoms with Crippen molar-refractivity contribution in [2.45, 2.75) is 26.4 Å². The van der Waals surface area contributed by atoms with Crippen LogP contribution in [0.3, 0.4) is 0 Å². The summed E-state index contributed by atoms with van der Waals surface area (Å²) in [7, 11) is 0. The van der Waals surface area contributed by atoms with Gasteiger partial charge in [-0.15, -0.1) is 0 Å². The van der Waals surface area contributed by atoms with E-state index in [1.165, 1.54) is 0 Å². The molecule has 0 aromatic rings. The predicted molar refractivity (Wildman–Crippen MR) is 40.5 cm³/mol. The first-order valence-corrected chi connectivity index (χ1v) is 3.99. The second-order valence-electron chi connectivity index (χ2n) is 4.14. The number of aliphatic hydroxyl groups excluding tert-OH is 1. The minimum Gasteiger partial charge on any atom is -0.392 e. The van der Waals surface area contributed by atoms with Crippen LogP contribution in [-0.4, -0.2) is 11.2 Å². The van der Waals surface area contributed by atoms with E-state index in [1.807, 2.05) is 0 Å². The molecule has 2 rings (SSSR count). The maximum absolute atomic E-state index is 9.50. The molecular formula is C9H14O. The Balaban J connectivity index is 2.34. The van der Waals surface area contributed by atoms with Crippen molar-refractivity contribution in [3.05, 3.63) is 12.2 Å². The van der Waals surface area contributed by atoms with Crippen LogP contribution < -0.4 is 0 Å². The lowest BCUT2D eigenvalue weighted by Crippen LogP contribution is -2.22. The highest BCUT2D eigenvalue weighted by atomic mass is 16.3. The molecule has 0 unspecified atom stereocenters. The summed E-state index contributed by atoms with van der Waals surface area (Å²) in [5.74, 6) is 1.06. The Labute approximate surface area is 61.8 Å². The van der Waals surface area contributed by atoms with E-state index in [9.17, 15) is 5.11 Å². The monoisotopic (exact) mass is 138 g/mol. The van der Waals surface area contributed by atoms with Gasteiger partial charge in [0.05, 0.1) is 6.10 Å². The lowest BCUT2D eigenvalue weighted by Gasteiger charge is -2.24. The van der Waals surface area contributed by atoms with Crippen molar-refractivity contribution in [3.63, 3.8) is 0 Å². The number of rotatable bonds is 0. The van der Waals surface area contributed by atoms with Crippen LogP contribution in [0.15, 0.2) is 12.2 Å². The Kier molecular flexibility index (Phi) is 1.06. The molecule has 1 nitrogen and oxygen atoms in total. The molecule has 2 aliphatic rings. The van der Waals surface area contributed by atoms with E-state index in [0.29, 0.717) is 17.3 Å². The molecule has 56 valence electrons. The van der Waals surface area contributed by atoms with Gasteiger partial charge in [0.15, 0.2) is 0 Å². The zero-order valence-corrected chi connectivity index (χ0v) is 6.54. The van der Waals surface area contributed by atoms with E-state index in [1.54, 1.807) is 0 Å². The van der Waals surface area contributed by atoms with Gasteiger partial charge in [-0.1, -0.05) is 26.0 Å². The van der Waals surface area contributed by atoms with Crippen LogP contribution in [0.2, 0.25) is 0 Å². The molecule has 1 saturated carbocycles. The summed E-state index contributed by atoms with van der Waals surface area (Å²) >= 11 is 0. The summed E-state index contributed by atoms with van der Waals surface area (Å²) in [5.41, 5.74) is 0.333. The van der Waals surface area contributed by atoms with Crippen molar-refractivity contribution >= 4 is 0 Å². The third-order valence-corrected chi connectivity index (χ3v) is 3.28. The zero-order valence-electron chi connectivity index (χ0n) is 6.54. The molecule has 1 N–H and O–H groups in total. The highest BCUT2D eigenvalue weighted by Gasteiger charge is 2.49. The van der Waals surface area contributed by atoms with Gasteiger partial charge < -0.3 is 5.11 Å². The van der Waals surface area contributed by atoms with Gasteiger partial charge in [-0.05, 0) is 17.8 Å². The first-order chi connectivity index (χ1) is 4.62. The molecule has 0 radical (unpaired) electrons. The molecule has 0 amide bonds. The van der Waals surface area contributed by atoms with Crippen LogP contribution in [0.1, 0.15) is 20.3 Å². The molecule has 3 atom stereocenters. The van der Waals surface area contributed by atoms with Crippen LogP contribution in [-0.2, 0) is 0 Å². The average molecular weight is 138 g/mol. The van der Waals surface area contributed by atoms with Crippen molar-refractivity contribution in [1.82, 2.24) is 0 Å². The Morgan fingerprint density at radius 1 is 1.40 bits per heavy atom. The fraction of sp³-hybridized carbons (Fsp3) is 0.778.